The second-order valence-electron chi connectivity index (χ2n) is 4.80. The summed E-state index contributed by atoms with van der Waals surface area (Å²) in [4.78, 5) is 20.5. The van der Waals surface area contributed by atoms with Gasteiger partial charge in [-0.1, -0.05) is 60.7 Å². The summed E-state index contributed by atoms with van der Waals surface area (Å²) >= 11 is 0. The van der Waals surface area contributed by atoms with Crippen LogP contribution in [-0.2, 0) is 31.9 Å². The van der Waals surface area contributed by atoms with Gasteiger partial charge in [0.25, 0.3) is 0 Å². The molecule has 0 radical (unpaired) electrons. The molecular formula is C19H22O4. The maximum Gasteiger partial charge on any atom is 0.316 e. The Bertz CT molecular complexity index is 525. The fourth-order valence-corrected chi connectivity index (χ4v) is 1.84. The van der Waals surface area contributed by atoms with E-state index in [9.17, 15) is 9.59 Å². The van der Waals surface area contributed by atoms with Crippen LogP contribution in [0.5, 0.6) is 0 Å². The largest absolute Gasteiger partial charge is 0.469 e. The minimum atomic E-state index is -0.582. The lowest BCUT2D eigenvalue weighted by molar-refractivity contribution is -0.151. The molecule has 0 atom stereocenters. The summed E-state index contributed by atoms with van der Waals surface area (Å²) in [6, 6.07) is 21.2. The van der Waals surface area contributed by atoms with Gasteiger partial charge in [-0.3, -0.25) is 9.59 Å². The Balaban J connectivity index is 0.000000257. The highest BCUT2D eigenvalue weighted by molar-refractivity contribution is 5.90. The van der Waals surface area contributed by atoms with Gasteiger partial charge in [-0.15, -0.1) is 0 Å². The average molecular weight is 314 g/mol. The van der Waals surface area contributed by atoms with E-state index in [2.05, 4.69) is 70.1 Å². The number of ether oxygens (including phenoxy) is 2. The highest BCUT2D eigenvalue weighted by atomic mass is 16.5. The van der Waals surface area contributed by atoms with Gasteiger partial charge in [0.1, 0.15) is 6.42 Å². The monoisotopic (exact) mass is 314 g/mol. The first-order valence-electron chi connectivity index (χ1n) is 7.37. The number of esters is 2. The smallest absolute Gasteiger partial charge is 0.316 e. The van der Waals surface area contributed by atoms with Crippen molar-refractivity contribution in [3.63, 3.8) is 0 Å². The van der Waals surface area contributed by atoms with Crippen LogP contribution in [0.15, 0.2) is 60.7 Å². The van der Waals surface area contributed by atoms with Gasteiger partial charge in [-0.2, -0.15) is 0 Å². The van der Waals surface area contributed by atoms with Crippen molar-refractivity contribution in [2.45, 2.75) is 19.3 Å². The van der Waals surface area contributed by atoms with Crippen molar-refractivity contribution in [1.29, 1.82) is 0 Å². The molecule has 2 rings (SSSR count). The van der Waals surface area contributed by atoms with Crippen LogP contribution in [0.2, 0.25) is 0 Å². The molecule has 0 saturated heterocycles. The number of hydrogen-bond donors (Lipinski definition) is 0. The van der Waals surface area contributed by atoms with Crippen LogP contribution in [0, 0.1) is 0 Å². The van der Waals surface area contributed by atoms with E-state index in [0.29, 0.717) is 0 Å². The molecule has 23 heavy (non-hydrogen) atoms. The summed E-state index contributed by atoms with van der Waals surface area (Å²) in [6.07, 6.45) is 1.95. The van der Waals surface area contributed by atoms with Crippen LogP contribution in [0.1, 0.15) is 17.5 Å². The molecule has 0 aliphatic carbocycles. The number of hydrogen-bond acceptors (Lipinski definition) is 4. The van der Waals surface area contributed by atoms with Gasteiger partial charge in [0.05, 0.1) is 14.2 Å². The molecular weight excluding hydrogens is 292 g/mol. The Morgan fingerprint density at radius 1 is 0.696 bits per heavy atom. The van der Waals surface area contributed by atoms with Gasteiger partial charge < -0.3 is 9.47 Å². The summed E-state index contributed by atoms with van der Waals surface area (Å²) in [5.41, 5.74) is 2.83. The molecule has 0 saturated carbocycles. The first-order chi connectivity index (χ1) is 11.2. The number of methoxy groups -OCH3 is 2. The Morgan fingerprint density at radius 2 is 1.04 bits per heavy atom. The molecule has 4 nitrogen and oxygen atoms in total. The molecule has 0 amide bonds. The maximum absolute atomic E-state index is 10.3. The Hall–Kier alpha value is -2.62. The van der Waals surface area contributed by atoms with Crippen LogP contribution in [0.3, 0.4) is 0 Å². The number of carbonyl (C=O) groups is 2. The van der Waals surface area contributed by atoms with Crippen LogP contribution in [-0.4, -0.2) is 26.2 Å². The predicted molar refractivity (Wildman–Crippen MR) is 88.9 cm³/mol. The molecule has 122 valence electrons. The second kappa shape index (κ2) is 11.0. The minimum absolute atomic E-state index is 0.312. The Kier molecular flexibility index (Phi) is 8.83. The summed E-state index contributed by atoms with van der Waals surface area (Å²) in [5.74, 6) is -1.16. The van der Waals surface area contributed by atoms with Crippen molar-refractivity contribution in [3.8, 4) is 0 Å². The Morgan fingerprint density at radius 3 is 1.35 bits per heavy atom. The number of benzene rings is 2. The van der Waals surface area contributed by atoms with E-state index in [-0.39, 0.29) is 6.42 Å². The highest BCUT2D eigenvalue weighted by Gasteiger charge is 2.07. The number of rotatable bonds is 5. The van der Waals surface area contributed by atoms with E-state index in [4.69, 9.17) is 0 Å². The fourth-order valence-electron chi connectivity index (χ4n) is 1.84. The maximum atomic E-state index is 10.3. The van der Waals surface area contributed by atoms with Crippen molar-refractivity contribution in [2.75, 3.05) is 14.2 Å². The van der Waals surface area contributed by atoms with E-state index in [1.165, 1.54) is 25.3 Å². The van der Waals surface area contributed by atoms with Crippen LogP contribution in [0.25, 0.3) is 0 Å². The zero-order valence-corrected chi connectivity index (χ0v) is 13.5. The quantitative estimate of drug-likeness (QED) is 0.628. The lowest BCUT2D eigenvalue weighted by Gasteiger charge is -2.01. The van der Waals surface area contributed by atoms with E-state index < -0.39 is 11.9 Å². The summed E-state index contributed by atoms with van der Waals surface area (Å²) in [6.45, 7) is 0. The van der Waals surface area contributed by atoms with Crippen LogP contribution < -0.4 is 0 Å². The molecule has 0 N–H and O–H groups in total. The molecule has 0 unspecified atom stereocenters. The van der Waals surface area contributed by atoms with Gasteiger partial charge in [0, 0.05) is 0 Å². The second-order valence-corrected chi connectivity index (χ2v) is 4.80. The molecule has 4 heteroatoms. The third-order valence-electron chi connectivity index (χ3n) is 3.13. The van der Waals surface area contributed by atoms with Gasteiger partial charge in [0.2, 0.25) is 0 Å². The van der Waals surface area contributed by atoms with Crippen molar-refractivity contribution >= 4 is 11.9 Å². The molecule has 2 aromatic carbocycles. The van der Waals surface area contributed by atoms with E-state index >= 15 is 0 Å². The molecule has 0 heterocycles. The van der Waals surface area contributed by atoms with Gasteiger partial charge in [-0.05, 0) is 24.0 Å². The van der Waals surface area contributed by atoms with E-state index in [1.54, 1.807) is 0 Å². The van der Waals surface area contributed by atoms with E-state index in [0.717, 1.165) is 12.8 Å². The van der Waals surface area contributed by atoms with Crippen molar-refractivity contribution in [3.05, 3.63) is 71.8 Å². The summed E-state index contributed by atoms with van der Waals surface area (Å²) in [7, 11) is 2.43. The molecule has 0 fully saturated rings. The highest BCUT2D eigenvalue weighted by Crippen LogP contribution is 2.06. The molecule has 0 aromatic heterocycles. The number of carbonyl (C=O) groups excluding carboxylic acids is 2. The molecule has 0 bridgehead atoms. The normalized spacial score (nSPS) is 9.30. The Labute approximate surface area is 137 Å². The van der Waals surface area contributed by atoms with Crippen LogP contribution in [0.4, 0.5) is 0 Å². The van der Waals surface area contributed by atoms with Crippen molar-refractivity contribution in [2.24, 2.45) is 0 Å². The van der Waals surface area contributed by atoms with Gasteiger partial charge in [-0.25, -0.2) is 0 Å². The average Bonchev–Trinajstić information content (AvgIpc) is 2.62. The summed E-state index contributed by atoms with van der Waals surface area (Å²) < 4.78 is 8.37. The molecule has 2 aromatic rings. The topological polar surface area (TPSA) is 52.6 Å². The fraction of sp³-hybridized carbons (Fsp3) is 0.263. The lowest BCUT2D eigenvalue weighted by atomic mass is 10.0. The first kappa shape index (κ1) is 18.4. The predicted octanol–water partition coefficient (Wildman–Crippen LogP) is 3.19. The SMILES string of the molecule is COC(=O)CC(=O)OC.c1ccc(CCc2ccccc2)cc1. The van der Waals surface area contributed by atoms with Crippen molar-refractivity contribution < 1.29 is 19.1 Å². The molecule has 0 aliphatic heterocycles. The lowest BCUT2D eigenvalue weighted by Crippen LogP contribution is -2.09. The third-order valence-corrected chi connectivity index (χ3v) is 3.13. The third kappa shape index (κ3) is 8.41. The number of aryl methyl sites for hydroxylation is 2. The van der Waals surface area contributed by atoms with Crippen molar-refractivity contribution in [1.82, 2.24) is 0 Å². The van der Waals surface area contributed by atoms with E-state index in [1.807, 2.05) is 0 Å². The minimum Gasteiger partial charge on any atom is -0.469 e. The molecule has 0 aliphatic rings. The zero-order valence-electron chi connectivity index (χ0n) is 13.5. The van der Waals surface area contributed by atoms with Gasteiger partial charge in [0.15, 0.2) is 0 Å². The summed E-state index contributed by atoms with van der Waals surface area (Å²) in [5, 5.41) is 0. The standard InChI is InChI=1S/C14H14.C5H8O4/c1-3-7-13(8-4-1)11-12-14-9-5-2-6-10-14;1-8-4(6)3-5(7)9-2/h1-10H,11-12H2;3H2,1-2H3. The zero-order chi connectivity index (χ0) is 16.9. The first-order valence-corrected chi connectivity index (χ1v) is 7.37. The van der Waals surface area contributed by atoms with Gasteiger partial charge >= 0.3 is 11.9 Å². The van der Waals surface area contributed by atoms with Crippen LogP contribution >= 0.6 is 0 Å². The molecule has 0 spiro atoms.